The third-order valence-electron chi connectivity index (χ3n) is 5.41. The van der Waals surface area contributed by atoms with Crippen LogP contribution in [-0.4, -0.2) is 37.2 Å². The highest BCUT2D eigenvalue weighted by atomic mass is 32.2. The molecule has 0 bridgehead atoms. The van der Waals surface area contributed by atoms with Crippen molar-refractivity contribution in [2.75, 3.05) is 16.3 Å². The number of hydrogen-bond acceptors (Lipinski definition) is 5. The molecular weight excluding hydrogens is 454 g/mol. The third kappa shape index (κ3) is 4.89. The molecule has 176 valence electrons. The topological polar surface area (TPSA) is 106 Å². The molecule has 9 heteroatoms. The molecule has 0 aliphatic heterocycles. The summed E-state index contributed by atoms with van der Waals surface area (Å²) in [6, 6.07) is 19.7. The predicted octanol–water partition coefficient (Wildman–Crippen LogP) is 4.37. The van der Waals surface area contributed by atoms with Gasteiger partial charge in [0.2, 0.25) is 10.0 Å². The van der Waals surface area contributed by atoms with Crippen molar-refractivity contribution in [3.63, 3.8) is 0 Å². The van der Waals surface area contributed by atoms with E-state index in [1.54, 1.807) is 0 Å². The second kappa shape index (κ2) is 9.18. The molecule has 4 aromatic rings. The number of aryl methyl sites for hydroxylation is 1. The summed E-state index contributed by atoms with van der Waals surface area (Å²) in [6.07, 6.45) is -0.0476. The first-order chi connectivity index (χ1) is 16.2. The number of para-hydroxylation sites is 1. The number of hydrogen-bond donors (Lipinski definition) is 2. The van der Waals surface area contributed by atoms with Crippen molar-refractivity contribution in [3.8, 4) is 0 Å². The minimum absolute atomic E-state index is 0.127. The van der Waals surface area contributed by atoms with Gasteiger partial charge in [-0.25, -0.2) is 13.2 Å². The molecule has 0 aliphatic carbocycles. The fraction of sp³-hybridized carbons (Fsp3) is 0.200. The zero-order valence-electron chi connectivity index (χ0n) is 19.0. The van der Waals surface area contributed by atoms with Gasteiger partial charge in [-0.2, -0.15) is 0 Å². The number of nitrogens with zero attached hydrogens (tertiary/aromatic N) is 1. The molecule has 0 radical (unpaired) electrons. The molecule has 8 nitrogen and oxygen atoms in total. The maximum atomic E-state index is 12.7. The lowest BCUT2D eigenvalue weighted by Crippen LogP contribution is -2.30. The first-order valence-corrected chi connectivity index (χ1v) is 12.7. The summed E-state index contributed by atoms with van der Waals surface area (Å²) in [7, 11) is -3.49. The Hall–Kier alpha value is -3.85. The van der Waals surface area contributed by atoms with E-state index in [9.17, 15) is 18.0 Å². The quantitative estimate of drug-likeness (QED) is 0.383. The number of anilines is 2. The highest BCUT2D eigenvalue weighted by molar-refractivity contribution is 7.92. The number of sulfonamides is 1. The largest absolute Gasteiger partial charge is 0.449 e. The molecule has 1 amide bonds. The number of ether oxygens (including phenoxy) is 1. The molecule has 0 fully saturated rings. The maximum absolute atomic E-state index is 12.7. The molecular formula is C25H25N3O5S. The van der Waals surface area contributed by atoms with Gasteiger partial charge < -0.3 is 14.6 Å². The van der Waals surface area contributed by atoms with Crippen LogP contribution < -0.4 is 10.0 Å². The van der Waals surface area contributed by atoms with E-state index in [1.165, 1.54) is 31.2 Å². The molecule has 1 atom stereocenters. The summed E-state index contributed by atoms with van der Waals surface area (Å²) in [5.41, 5.74) is 3.15. The summed E-state index contributed by atoms with van der Waals surface area (Å²) in [5.74, 6) is -1.21. The molecule has 0 saturated heterocycles. The minimum Gasteiger partial charge on any atom is -0.449 e. The standard InChI is InChI=1S/C25H25N3O5S/c1-4-28-22-11-6-5-10-20(22)21-15-18(12-13-23(21)28)26-24(29)16(2)33-25(30)17-8-7-9-19(14-17)27-34(3,31)32/h5-16,27H,4H2,1-3H3,(H,26,29)/t16-/m1/s1. The van der Waals surface area contributed by atoms with Gasteiger partial charge in [-0.1, -0.05) is 24.3 Å². The van der Waals surface area contributed by atoms with Gasteiger partial charge in [0.1, 0.15) is 0 Å². The van der Waals surface area contributed by atoms with Gasteiger partial charge in [-0.3, -0.25) is 9.52 Å². The normalized spacial score (nSPS) is 12.4. The fourth-order valence-corrected chi connectivity index (χ4v) is 4.48. The first kappa shape index (κ1) is 23.3. The molecule has 3 aromatic carbocycles. The van der Waals surface area contributed by atoms with Crippen LogP contribution in [0.25, 0.3) is 21.8 Å². The summed E-state index contributed by atoms with van der Waals surface area (Å²) < 4.78 is 32.6. The smallest absolute Gasteiger partial charge is 0.338 e. The molecule has 4 rings (SSSR count). The van der Waals surface area contributed by atoms with Crippen molar-refractivity contribution >= 4 is 55.1 Å². The van der Waals surface area contributed by atoms with Crippen LogP contribution in [0.15, 0.2) is 66.7 Å². The summed E-state index contributed by atoms with van der Waals surface area (Å²) in [4.78, 5) is 25.2. The average molecular weight is 480 g/mol. The molecule has 2 N–H and O–H groups in total. The Morgan fingerprint density at radius 1 is 0.941 bits per heavy atom. The third-order valence-corrected chi connectivity index (χ3v) is 6.02. The van der Waals surface area contributed by atoms with Crippen LogP contribution in [0.2, 0.25) is 0 Å². The molecule has 0 spiro atoms. The van der Waals surface area contributed by atoms with Crippen LogP contribution in [-0.2, 0) is 26.1 Å². The van der Waals surface area contributed by atoms with Gasteiger partial charge >= 0.3 is 5.97 Å². The number of fused-ring (bicyclic) bond motifs is 3. The summed E-state index contributed by atoms with van der Waals surface area (Å²) in [5, 5.41) is 4.93. The monoisotopic (exact) mass is 479 g/mol. The minimum atomic E-state index is -3.49. The SMILES string of the molecule is CCn1c2ccccc2c2cc(NC(=O)[C@@H](C)OC(=O)c3cccc(NS(C)(=O)=O)c3)ccc21. The Morgan fingerprint density at radius 3 is 2.41 bits per heavy atom. The highest BCUT2D eigenvalue weighted by Gasteiger charge is 2.20. The van der Waals surface area contributed by atoms with Gasteiger partial charge in [-0.05, 0) is 56.3 Å². The van der Waals surface area contributed by atoms with Crippen molar-refractivity contribution < 1.29 is 22.7 Å². The Morgan fingerprint density at radius 2 is 1.68 bits per heavy atom. The summed E-state index contributed by atoms with van der Waals surface area (Å²) >= 11 is 0. The van der Waals surface area contributed by atoms with Crippen LogP contribution in [0.4, 0.5) is 11.4 Å². The van der Waals surface area contributed by atoms with E-state index < -0.39 is 28.0 Å². The van der Waals surface area contributed by atoms with Crippen molar-refractivity contribution in [1.29, 1.82) is 0 Å². The maximum Gasteiger partial charge on any atom is 0.338 e. The van der Waals surface area contributed by atoms with Crippen LogP contribution in [0.3, 0.4) is 0 Å². The second-order valence-electron chi connectivity index (χ2n) is 7.99. The number of carbonyl (C=O) groups is 2. The Bertz CT molecular complexity index is 1510. The molecule has 34 heavy (non-hydrogen) atoms. The van der Waals surface area contributed by atoms with Gasteiger partial charge in [0.05, 0.1) is 11.8 Å². The number of amides is 1. The number of aromatic nitrogens is 1. The lowest BCUT2D eigenvalue weighted by molar-refractivity contribution is -0.123. The van der Waals surface area contributed by atoms with E-state index in [0.29, 0.717) is 5.69 Å². The van der Waals surface area contributed by atoms with Gasteiger partial charge in [0, 0.05) is 39.7 Å². The number of rotatable bonds is 7. The van der Waals surface area contributed by atoms with Crippen LogP contribution in [0, 0.1) is 0 Å². The molecule has 0 unspecified atom stereocenters. The van der Waals surface area contributed by atoms with Gasteiger partial charge in [0.25, 0.3) is 5.91 Å². The van der Waals surface area contributed by atoms with Gasteiger partial charge in [-0.15, -0.1) is 0 Å². The van der Waals surface area contributed by atoms with E-state index in [2.05, 4.69) is 27.6 Å². The Kier molecular flexibility index (Phi) is 6.30. The van der Waals surface area contributed by atoms with E-state index in [-0.39, 0.29) is 11.3 Å². The van der Waals surface area contributed by atoms with Crippen molar-refractivity contribution in [3.05, 3.63) is 72.3 Å². The van der Waals surface area contributed by atoms with Crippen molar-refractivity contribution in [2.24, 2.45) is 0 Å². The lowest BCUT2D eigenvalue weighted by atomic mass is 10.1. The first-order valence-electron chi connectivity index (χ1n) is 10.8. The molecule has 1 aromatic heterocycles. The van der Waals surface area contributed by atoms with Crippen molar-refractivity contribution in [2.45, 2.75) is 26.5 Å². The summed E-state index contributed by atoms with van der Waals surface area (Å²) in [6.45, 7) is 4.39. The molecule has 1 heterocycles. The Labute approximate surface area is 197 Å². The van der Waals surface area contributed by atoms with E-state index >= 15 is 0 Å². The van der Waals surface area contributed by atoms with Crippen molar-refractivity contribution in [1.82, 2.24) is 4.57 Å². The van der Waals surface area contributed by atoms with E-state index in [4.69, 9.17) is 4.74 Å². The number of carbonyl (C=O) groups excluding carboxylic acids is 2. The number of esters is 1. The van der Waals surface area contributed by atoms with Crippen LogP contribution in [0.1, 0.15) is 24.2 Å². The van der Waals surface area contributed by atoms with Gasteiger partial charge in [0.15, 0.2) is 6.10 Å². The lowest BCUT2D eigenvalue weighted by Gasteiger charge is -2.14. The molecule has 0 saturated carbocycles. The number of nitrogens with one attached hydrogen (secondary N) is 2. The number of benzene rings is 3. The van der Waals surface area contributed by atoms with Crippen LogP contribution in [0.5, 0.6) is 0 Å². The zero-order chi connectivity index (χ0) is 24.5. The van der Waals surface area contributed by atoms with E-state index in [0.717, 1.165) is 34.6 Å². The van der Waals surface area contributed by atoms with E-state index in [1.807, 2.05) is 36.4 Å². The predicted molar refractivity (Wildman–Crippen MR) is 134 cm³/mol. The average Bonchev–Trinajstić information content (AvgIpc) is 3.11. The fourth-order valence-electron chi connectivity index (χ4n) is 3.92. The second-order valence-corrected chi connectivity index (χ2v) is 9.73. The highest BCUT2D eigenvalue weighted by Crippen LogP contribution is 2.31. The Balaban J connectivity index is 1.49. The zero-order valence-corrected chi connectivity index (χ0v) is 19.8. The molecule has 0 aliphatic rings. The van der Waals surface area contributed by atoms with Crippen LogP contribution >= 0.6 is 0 Å².